The highest BCUT2D eigenvalue weighted by Crippen LogP contribution is 2.48. The number of rotatable bonds is 3. The van der Waals surface area contributed by atoms with Gasteiger partial charge in [-0.25, -0.2) is 0 Å². The highest BCUT2D eigenvalue weighted by atomic mass is 16.1. The summed E-state index contributed by atoms with van der Waals surface area (Å²) in [6.07, 6.45) is 6.75. The molecule has 3 heteroatoms. The Balaban J connectivity index is 1.54. The lowest BCUT2D eigenvalue weighted by Gasteiger charge is -2.20. The molecule has 1 heterocycles. The predicted octanol–water partition coefficient (Wildman–Crippen LogP) is 2.13. The molecule has 2 bridgehead atoms. The molecule has 3 atom stereocenters. The number of hydrogen-bond donors (Lipinski definition) is 1. The Morgan fingerprint density at radius 2 is 2.29 bits per heavy atom. The Bertz CT molecular complexity index is 404. The molecule has 2 aliphatic rings. The zero-order valence-corrected chi connectivity index (χ0v) is 9.93. The van der Waals surface area contributed by atoms with Crippen LogP contribution in [0.25, 0.3) is 0 Å². The van der Waals surface area contributed by atoms with E-state index in [4.69, 9.17) is 0 Å². The standard InChI is InChI=1S/C14H18N2O/c17-14(13-8-10-4-5-11(13)7-10)16-9-12-3-1-2-6-15-12/h1-3,6,10-11,13H,4-5,7-9H2,(H,16,17)/t10-,11-,13-/m1/s1. The van der Waals surface area contributed by atoms with Gasteiger partial charge in [-0.1, -0.05) is 12.5 Å². The summed E-state index contributed by atoms with van der Waals surface area (Å²) in [6, 6.07) is 5.79. The molecule has 1 aromatic heterocycles. The largest absolute Gasteiger partial charge is 0.350 e. The maximum Gasteiger partial charge on any atom is 0.223 e. The average Bonchev–Trinajstić information content (AvgIpc) is 2.99. The second-order valence-corrected chi connectivity index (χ2v) is 5.32. The van der Waals surface area contributed by atoms with Crippen molar-refractivity contribution in [1.29, 1.82) is 0 Å². The molecular weight excluding hydrogens is 212 g/mol. The van der Waals surface area contributed by atoms with Crippen LogP contribution in [-0.4, -0.2) is 10.9 Å². The van der Waals surface area contributed by atoms with Crippen molar-refractivity contribution in [2.45, 2.75) is 32.2 Å². The first kappa shape index (κ1) is 10.8. The second kappa shape index (κ2) is 4.47. The van der Waals surface area contributed by atoms with Gasteiger partial charge in [-0.2, -0.15) is 0 Å². The van der Waals surface area contributed by atoms with Gasteiger partial charge in [-0.3, -0.25) is 9.78 Å². The molecule has 0 aliphatic heterocycles. The molecular formula is C14H18N2O. The molecule has 1 N–H and O–H groups in total. The fourth-order valence-electron chi connectivity index (χ4n) is 3.38. The number of carbonyl (C=O) groups excluding carboxylic acids is 1. The highest BCUT2D eigenvalue weighted by molar-refractivity contribution is 5.79. The Morgan fingerprint density at radius 3 is 2.94 bits per heavy atom. The number of pyridine rings is 1. The van der Waals surface area contributed by atoms with E-state index >= 15 is 0 Å². The minimum atomic E-state index is 0.239. The van der Waals surface area contributed by atoms with Gasteiger partial charge in [0.2, 0.25) is 5.91 Å². The van der Waals surface area contributed by atoms with Crippen LogP contribution < -0.4 is 5.32 Å². The number of hydrogen-bond acceptors (Lipinski definition) is 2. The summed E-state index contributed by atoms with van der Waals surface area (Å²) in [6.45, 7) is 0.563. The van der Waals surface area contributed by atoms with Gasteiger partial charge in [0.15, 0.2) is 0 Å². The third-order valence-electron chi connectivity index (χ3n) is 4.24. The highest BCUT2D eigenvalue weighted by Gasteiger charge is 2.42. The molecule has 0 spiro atoms. The maximum atomic E-state index is 12.1. The average molecular weight is 230 g/mol. The first-order valence-corrected chi connectivity index (χ1v) is 6.50. The van der Waals surface area contributed by atoms with Crippen LogP contribution in [0.3, 0.4) is 0 Å². The first-order chi connectivity index (χ1) is 8.33. The number of amides is 1. The molecule has 0 aromatic carbocycles. The van der Waals surface area contributed by atoms with Crippen LogP contribution in [0, 0.1) is 17.8 Å². The molecule has 0 radical (unpaired) electrons. The smallest absolute Gasteiger partial charge is 0.223 e. The summed E-state index contributed by atoms with van der Waals surface area (Å²) in [5.74, 6) is 2.00. The molecule has 1 amide bonds. The van der Waals surface area contributed by atoms with Crippen molar-refractivity contribution < 1.29 is 4.79 Å². The lowest BCUT2D eigenvalue weighted by molar-refractivity contribution is -0.126. The van der Waals surface area contributed by atoms with Crippen LogP contribution in [0.2, 0.25) is 0 Å². The summed E-state index contributed by atoms with van der Waals surface area (Å²) in [5, 5.41) is 3.02. The van der Waals surface area contributed by atoms with Gasteiger partial charge < -0.3 is 5.32 Å². The first-order valence-electron chi connectivity index (χ1n) is 6.50. The zero-order valence-electron chi connectivity index (χ0n) is 9.93. The molecule has 3 rings (SSSR count). The Labute approximate surface area is 102 Å². The van der Waals surface area contributed by atoms with Crippen molar-refractivity contribution in [2.24, 2.45) is 17.8 Å². The normalized spacial score (nSPS) is 30.5. The zero-order chi connectivity index (χ0) is 11.7. The van der Waals surface area contributed by atoms with Crippen LogP contribution >= 0.6 is 0 Å². The molecule has 0 unspecified atom stereocenters. The van der Waals surface area contributed by atoms with E-state index < -0.39 is 0 Å². The quantitative estimate of drug-likeness (QED) is 0.864. The number of aromatic nitrogens is 1. The summed E-state index contributed by atoms with van der Waals surface area (Å²) in [5.41, 5.74) is 0.934. The van der Waals surface area contributed by atoms with Crippen molar-refractivity contribution in [2.75, 3.05) is 0 Å². The van der Waals surface area contributed by atoms with Crippen molar-refractivity contribution in [3.8, 4) is 0 Å². The Kier molecular flexibility index (Phi) is 2.83. The molecule has 0 saturated heterocycles. The van der Waals surface area contributed by atoms with Crippen LogP contribution in [-0.2, 0) is 11.3 Å². The van der Waals surface area contributed by atoms with E-state index in [9.17, 15) is 4.79 Å². The molecule has 2 aliphatic carbocycles. The van der Waals surface area contributed by atoms with Gasteiger partial charge in [0.1, 0.15) is 0 Å². The fourth-order valence-corrected chi connectivity index (χ4v) is 3.38. The van der Waals surface area contributed by atoms with E-state index in [1.165, 1.54) is 19.3 Å². The monoisotopic (exact) mass is 230 g/mol. The van der Waals surface area contributed by atoms with Gasteiger partial charge in [0, 0.05) is 12.1 Å². The van der Waals surface area contributed by atoms with Crippen molar-refractivity contribution in [3.05, 3.63) is 30.1 Å². The molecule has 2 fully saturated rings. The van der Waals surface area contributed by atoms with Crippen molar-refractivity contribution >= 4 is 5.91 Å². The van der Waals surface area contributed by atoms with Gasteiger partial charge >= 0.3 is 0 Å². The fraction of sp³-hybridized carbons (Fsp3) is 0.571. The molecule has 17 heavy (non-hydrogen) atoms. The third kappa shape index (κ3) is 2.19. The molecule has 3 nitrogen and oxygen atoms in total. The summed E-state index contributed by atoms with van der Waals surface area (Å²) >= 11 is 0. The Hall–Kier alpha value is -1.38. The van der Waals surface area contributed by atoms with E-state index in [1.807, 2.05) is 18.2 Å². The van der Waals surface area contributed by atoms with Gasteiger partial charge in [-0.15, -0.1) is 0 Å². The van der Waals surface area contributed by atoms with Crippen molar-refractivity contribution in [3.63, 3.8) is 0 Å². The van der Waals surface area contributed by atoms with Crippen molar-refractivity contribution in [1.82, 2.24) is 10.3 Å². The van der Waals surface area contributed by atoms with Gasteiger partial charge in [0.25, 0.3) is 0 Å². The van der Waals surface area contributed by atoms with E-state index in [0.29, 0.717) is 12.5 Å². The van der Waals surface area contributed by atoms with Crippen LogP contribution in [0.4, 0.5) is 0 Å². The second-order valence-electron chi connectivity index (χ2n) is 5.32. The predicted molar refractivity (Wildman–Crippen MR) is 65.0 cm³/mol. The number of fused-ring (bicyclic) bond motifs is 2. The minimum Gasteiger partial charge on any atom is -0.350 e. The lowest BCUT2D eigenvalue weighted by atomic mass is 9.88. The van der Waals surface area contributed by atoms with Gasteiger partial charge in [-0.05, 0) is 43.2 Å². The number of nitrogens with one attached hydrogen (secondary N) is 1. The summed E-state index contributed by atoms with van der Waals surface area (Å²) in [7, 11) is 0. The van der Waals surface area contributed by atoms with E-state index in [1.54, 1.807) is 6.20 Å². The van der Waals surface area contributed by atoms with E-state index in [0.717, 1.165) is 18.0 Å². The number of carbonyl (C=O) groups is 1. The lowest BCUT2D eigenvalue weighted by Crippen LogP contribution is -2.33. The Morgan fingerprint density at radius 1 is 1.35 bits per heavy atom. The SMILES string of the molecule is O=C(NCc1ccccn1)[C@@H]1C[C@@H]2CC[C@@H]1C2. The van der Waals surface area contributed by atoms with Crippen LogP contribution in [0.15, 0.2) is 24.4 Å². The minimum absolute atomic E-state index is 0.239. The van der Waals surface area contributed by atoms with Gasteiger partial charge in [0.05, 0.1) is 12.2 Å². The molecule has 90 valence electrons. The number of nitrogens with zero attached hydrogens (tertiary/aromatic N) is 1. The van der Waals surface area contributed by atoms with Crippen LogP contribution in [0.1, 0.15) is 31.4 Å². The van der Waals surface area contributed by atoms with E-state index in [-0.39, 0.29) is 11.8 Å². The maximum absolute atomic E-state index is 12.1. The molecule has 1 aromatic rings. The van der Waals surface area contributed by atoms with Crippen LogP contribution in [0.5, 0.6) is 0 Å². The molecule has 2 saturated carbocycles. The van der Waals surface area contributed by atoms with E-state index in [2.05, 4.69) is 10.3 Å². The summed E-state index contributed by atoms with van der Waals surface area (Å²) in [4.78, 5) is 16.3. The third-order valence-corrected chi connectivity index (χ3v) is 4.24. The summed E-state index contributed by atoms with van der Waals surface area (Å²) < 4.78 is 0. The topological polar surface area (TPSA) is 42.0 Å².